The molecule has 2 atom stereocenters. The first-order valence-electron chi connectivity index (χ1n) is 8.27. The fraction of sp³-hybridized carbons (Fsp3) is 0.529. The van der Waals surface area contributed by atoms with Crippen LogP contribution in [0.1, 0.15) is 24.2 Å². The third kappa shape index (κ3) is 3.53. The lowest BCUT2D eigenvalue weighted by molar-refractivity contribution is -0.139. The summed E-state index contributed by atoms with van der Waals surface area (Å²) in [5, 5.41) is 0.454. The summed E-state index contributed by atoms with van der Waals surface area (Å²) >= 11 is 5.96. The summed E-state index contributed by atoms with van der Waals surface area (Å²) in [6.07, 6.45) is 0. The van der Waals surface area contributed by atoms with Crippen molar-refractivity contribution in [2.75, 3.05) is 24.6 Å². The van der Waals surface area contributed by atoms with E-state index in [2.05, 4.69) is 0 Å². The Morgan fingerprint density at radius 3 is 2.32 bits per heavy atom. The first kappa shape index (κ1) is 18.2. The lowest BCUT2D eigenvalue weighted by atomic mass is 10.0. The fourth-order valence-corrected chi connectivity index (χ4v) is 5.77. The van der Waals surface area contributed by atoms with E-state index >= 15 is 0 Å². The molecule has 2 fully saturated rings. The number of carbonyl (C=O) groups is 2. The van der Waals surface area contributed by atoms with E-state index in [0.29, 0.717) is 23.7 Å². The number of hydrogen-bond donors (Lipinski definition) is 0. The number of amides is 2. The minimum atomic E-state index is -3.29. The van der Waals surface area contributed by atoms with Crippen LogP contribution in [0.15, 0.2) is 24.3 Å². The van der Waals surface area contributed by atoms with E-state index in [1.165, 1.54) is 0 Å². The van der Waals surface area contributed by atoms with Gasteiger partial charge in [0.2, 0.25) is 5.91 Å². The van der Waals surface area contributed by atoms with Crippen molar-refractivity contribution < 1.29 is 18.0 Å². The van der Waals surface area contributed by atoms with Crippen molar-refractivity contribution >= 4 is 33.3 Å². The van der Waals surface area contributed by atoms with Crippen molar-refractivity contribution in [2.45, 2.75) is 25.9 Å². The Morgan fingerprint density at radius 2 is 1.72 bits per heavy atom. The summed E-state index contributed by atoms with van der Waals surface area (Å²) in [5.41, 5.74) is 0.430. The molecule has 1 aromatic rings. The Labute approximate surface area is 152 Å². The second-order valence-electron chi connectivity index (χ2n) is 6.91. The van der Waals surface area contributed by atoms with E-state index in [-0.39, 0.29) is 29.2 Å². The molecule has 25 heavy (non-hydrogen) atoms. The molecule has 136 valence electrons. The molecule has 2 amide bonds. The van der Waals surface area contributed by atoms with Gasteiger partial charge in [0.1, 0.15) is 0 Å². The van der Waals surface area contributed by atoms with Gasteiger partial charge in [-0.25, -0.2) is 8.42 Å². The van der Waals surface area contributed by atoms with Crippen LogP contribution < -0.4 is 0 Å². The number of fused-ring (bicyclic) bond motifs is 1. The summed E-state index contributed by atoms with van der Waals surface area (Å²) in [5.74, 6) is -0.714. The summed E-state index contributed by atoms with van der Waals surface area (Å²) in [7, 11) is -3.29. The van der Waals surface area contributed by atoms with Gasteiger partial charge in [0.05, 0.1) is 23.6 Å². The van der Waals surface area contributed by atoms with Crippen molar-refractivity contribution in [1.82, 2.24) is 9.80 Å². The van der Waals surface area contributed by atoms with Gasteiger partial charge < -0.3 is 9.80 Å². The molecule has 3 rings (SSSR count). The topological polar surface area (TPSA) is 74.8 Å². The molecule has 0 N–H and O–H groups in total. The molecule has 0 unspecified atom stereocenters. The van der Waals surface area contributed by atoms with Crippen LogP contribution in [0, 0.1) is 5.92 Å². The molecule has 0 spiro atoms. The molecule has 2 aliphatic heterocycles. The number of rotatable bonds is 2. The average Bonchev–Trinajstić information content (AvgIpc) is 2.87. The van der Waals surface area contributed by atoms with Crippen molar-refractivity contribution in [3.63, 3.8) is 0 Å². The second-order valence-corrected chi connectivity index (χ2v) is 9.50. The first-order chi connectivity index (χ1) is 11.7. The second kappa shape index (κ2) is 6.61. The summed E-state index contributed by atoms with van der Waals surface area (Å²) < 4.78 is 24.4. The lowest BCUT2D eigenvalue weighted by Crippen LogP contribution is -2.62. The van der Waals surface area contributed by atoms with Crippen LogP contribution in [0.25, 0.3) is 0 Å². The fourth-order valence-electron chi connectivity index (χ4n) is 3.60. The van der Waals surface area contributed by atoms with E-state index in [1.54, 1.807) is 47.9 Å². The quantitative estimate of drug-likeness (QED) is 0.773. The zero-order chi connectivity index (χ0) is 18.4. The minimum Gasteiger partial charge on any atom is -0.335 e. The number of benzene rings is 1. The molecule has 0 aliphatic carbocycles. The maximum absolute atomic E-state index is 12.9. The first-order valence-corrected chi connectivity index (χ1v) is 10.5. The average molecular weight is 385 g/mol. The molecule has 1 aromatic carbocycles. The normalized spacial score (nSPS) is 25.1. The molecule has 0 radical (unpaired) electrons. The third-order valence-electron chi connectivity index (χ3n) is 4.79. The largest absolute Gasteiger partial charge is 0.335 e. The van der Waals surface area contributed by atoms with Gasteiger partial charge >= 0.3 is 0 Å². The Morgan fingerprint density at radius 1 is 1.12 bits per heavy atom. The number of halogens is 1. The summed E-state index contributed by atoms with van der Waals surface area (Å²) in [6, 6.07) is 5.63. The highest BCUT2D eigenvalue weighted by atomic mass is 35.5. The van der Waals surface area contributed by atoms with E-state index in [9.17, 15) is 18.0 Å². The SMILES string of the molecule is CC(C)C(=O)N1CCN(C(=O)c2cccc(Cl)c2)[C@@H]2CS(=O)(=O)C[C@@H]21. The van der Waals surface area contributed by atoms with Crippen LogP contribution in [0.4, 0.5) is 0 Å². The predicted molar refractivity (Wildman–Crippen MR) is 95.3 cm³/mol. The molecule has 6 nitrogen and oxygen atoms in total. The third-order valence-corrected chi connectivity index (χ3v) is 6.72. The Hall–Kier alpha value is -1.60. The van der Waals surface area contributed by atoms with Gasteiger partial charge in [-0.05, 0) is 18.2 Å². The van der Waals surface area contributed by atoms with E-state index in [4.69, 9.17) is 11.6 Å². The molecular formula is C17H21ClN2O4S. The minimum absolute atomic E-state index is 0.0676. The van der Waals surface area contributed by atoms with Gasteiger partial charge in [-0.1, -0.05) is 31.5 Å². The van der Waals surface area contributed by atoms with Crippen LogP contribution in [0.2, 0.25) is 5.02 Å². The van der Waals surface area contributed by atoms with Crippen LogP contribution in [-0.4, -0.2) is 66.7 Å². The molecule has 0 aromatic heterocycles. The highest BCUT2D eigenvalue weighted by Gasteiger charge is 2.49. The van der Waals surface area contributed by atoms with E-state index < -0.39 is 21.9 Å². The Kier molecular flexibility index (Phi) is 4.81. The molecule has 8 heteroatoms. The van der Waals surface area contributed by atoms with Gasteiger partial charge in [0, 0.05) is 29.6 Å². The maximum Gasteiger partial charge on any atom is 0.254 e. The Bertz CT molecular complexity index is 809. The molecule has 0 bridgehead atoms. The van der Waals surface area contributed by atoms with Crippen molar-refractivity contribution in [1.29, 1.82) is 0 Å². The highest BCUT2D eigenvalue weighted by Crippen LogP contribution is 2.29. The van der Waals surface area contributed by atoms with Crippen LogP contribution in [-0.2, 0) is 14.6 Å². The molecule has 2 heterocycles. The molecule has 2 aliphatic rings. The maximum atomic E-state index is 12.9. The van der Waals surface area contributed by atoms with Gasteiger partial charge in [0.15, 0.2) is 9.84 Å². The number of sulfone groups is 1. The zero-order valence-corrected chi connectivity index (χ0v) is 15.8. The smallest absolute Gasteiger partial charge is 0.254 e. The van der Waals surface area contributed by atoms with Crippen LogP contribution in [0.5, 0.6) is 0 Å². The molecular weight excluding hydrogens is 364 g/mol. The van der Waals surface area contributed by atoms with E-state index in [1.807, 2.05) is 0 Å². The Balaban J connectivity index is 1.91. The van der Waals surface area contributed by atoms with Gasteiger partial charge in [0.25, 0.3) is 5.91 Å². The molecule has 0 saturated carbocycles. The zero-order valence-electron chi connectivity index (χ0n) is 14.2. The van der Waals surface area contributed by atoms with Crippen LogP contribution >= 0.6 is 11.6 Å². The summed E-state index contributed by atoms with van der Waals surface area (Å²) in [4.78, 5) is 28.6. The number of hydrogen-bond acceptors (Lipinski definition) is 4. The number of nitrogens with zero attached hydrogens (tertiary/aromatic N) is 2. The monoisotopic (exact) mass is 384 g/mol. The van der Waals surface area contributed by atoms with Crippen molar-refractivity contribution in [2.24, 2.45) is 5.92 Å². The van der Waals surface area contributed by atoms with Crippen LogP contribution in [0.3, 0.4) is 0 Å². The highest BCUT2D eigenvalue weighted by molar-refractivity contribution is 7.91. The predicted octanol–water partition coefficient (Wildman–Crippen LogP) is 1.45. The van der Waals surface area contributed by atoms with Gasteiger partial charge in [-0.3, -0.25) is 9.59 Å². The lowest BCUT2D eigenvalue weighted by Gasteiger charge is -2.44. The van der Waals surface area contributed by atoms with E-state index in [0.717, 1.165) is 0 Å². The van der Waals surface area contributed by atoms with Gasteiger partial charge in [-0.15, -0.1) is 0 Å². The number of piperazine rings is 1. The van der Waals surface area contributed by atoms with Gasteiger partial charge in [-0.2, -0.15) is 0 Å². The standard InChI is InChI=1S/C17H21ClN2O4S/c1-11(2)16(21)19-6-7-20(15-10-25(23,24)9-14(15)19)17(22)12-4-3-5-13(18)8-12/h3-5,8,11,14-15H,6-7,9-10H2,1-2H3/t14-,15+/m0/s1. The van der Waals surface area contributed by atoms with Crippen molar-refractivity contribution in [3.8, 4) is 0 Å². The van der Waals surface area contributed by atoms with Crippen molar-refractivity contribution in [3.05, 3.63) is 34.9 Å². The number of carbonyl (C=O) groups excluding carboxylic acids is 2. The molecule has 2 saturated heterocycles. The summed E-state index contributed by atoms with van der Waals surface area (Å²) in [6.45, 7) is 4.26.